The molecule has 3 heteroatoms. The highest BCUT2D eigenvalue weighted by molar-refractivity contribution is 5.84. The standard InChI is InChI=1S/C11H14N2O/c1-11(12,7-14)9-6-13-10-5-3-2-4-8(9)10/h2-6,13-14H,7,12H2,1H3/t11-/m1/s1. The number of rotatable bonds is 2. The second-order valence-electron chi connectivity index (χ2n) is 3.82. The zero-order chi connectivity index (χ0) is 10.2. The number of benzene rings is 1. The minimum absolute atomic E-state index is 0.0607. The molecule has 0 aliphatic carbocycles. The number of aromatic amines is 1. The van der Waals surface area contributed by atoms with E-state index in [1.54, 1.807) is 0 Å². The Labute approximate surface area is 82.6 Å². The fourth-order valence-corrected chi connectivity index (χ4v) is 1.63. The molecule has 0 spiro atoms. The van der Waals surface area contributed by atoms with E-state index in [2.05, 4.69) is 4.98 Å². The van der Waals surface area contributed by atoms with Gasteiger partial charge in [0.25, 0.3) is 0 Å². The van der Waals surface area contributed by atoms with Crippen molar-refractivity contribution in [2.24, 2.45) is 5.73 Å². The summed E-state index contributed by atoms with van der Waals surface area (Å²) in [5.41, 5.74) is 7.30. The van der Waals surface area contributed by atoms with Gasteiger partial charge in [-0.1, -0.05) is 18.2 Å². The van der Waals surface area contributed by atoms with Crippen LogP contribution in [0.3, 0.4) is 0 Å². The Morgan fingerprint density at radius 2 is 2.14 bits per heavy atom. The molecule has 1 aromatic heterocycles. The van der Waals surface area contributed by atoms with Crippen molar-refractivity contribution in [2.75, 3.05) is 6.61 Å². The lowest BCUT2D eigenvalue weighted by molar-refractivity contribution is 0.211. The number of aliphatic hydroxyl groups excluding tert-OH is 1. The number of fused-ring (bicyclic) bond motifs is 1. The SMILES string of the molecule is C[C@@](N)(CO)c1c[nH]c2ccccc12. The molecule has 0 saturated heterocycles. The van der Waals surface area contributed by atoms with Gasteiger partial charge in [-0.2, -0.15) is 0 Å². The maximum absolute atomic E-state index is 9.19. The van der Waals surface area contributed by atoms with Gasteiger partial charge in [-0.25, -0.2) is 0 Å². The van der Waals surface area contributed by atoms with Crippen molar-refractivity contribution in [1.82, 2.24) is 4.98 Å². The summed E-state index contributed by atoms with van der Waals surface area (Å²) < 4.78 is 0. The second kappa shape index (κ2) is 3.12. The maximum Gasteiger partial charge on any atom is 0.0651 e. The zero-order valence-electron chi connectivity index (χ0n) is 8.12. The van der Waals surface area contributed by atoms with E-state index in [0.29, 0.717) is 0 Å². The van der Waals surface area contributed by atoms with Gasteiger partial charge < -0.3 is 15.8 Å². The van der Waals surface area contributed by atoms with Gasteiger partial charge in [0.2, 0.25) is 0 Å². The van der Waals surface area contributed by atoms with Crippen LogP contribution in [-0.2, 0) is 5.54 Å². The van der Waals surface area contributed by atoms with Crippen LogP contribution in [0, 0.1) is 0 Å². The van der Waals surface area contributed by atoms with E-state index in [9.17, 15) is 5.11 Å². The number of aromatic nitrogens is 1. The van der Waals surface area contributed by atoms with Gasteiger partial charge in [0.1, 0.15) is 0 Å². The van der Waals surface area contributed by atoms with Crippen LogP contribution >= 0.6 is 0 Å². The van der Waals surface area contributed by atoms with Gasteiger partial charge >= 0.3 is 0 Å². The van der Waals surface area contributed by atoms with Crippen molar-refractivity contribution in [1.29, 1.82) is 0 Å². The summed E-state index contributed by atoms with van der Waals surface area (Å²) >= 11 is 0. The first-order chi connectivity index (χ1) is 6.65. The molecule has 3 nitrogen and oxygen atoms in total. The number of hydrogen-bond acceptors (Lipinski definition) is 2. The number of para-hydroxylation sites is 1. The summed E-state index contributed by atoms with van der Waals surface area (Å²) in [4.78, 5) is 3.14. The molecular weight excluding hydrogens is 176 g/mol. The zero-order valence-corrected chi connectivity index (χ0v) is 8.12. The van der Waals surface area contributed by atoms with E-state index >= 15 is 0 Å². The van der Waals surface area contributed by atoms with E-state index in [4.69, 9.17) is 5.73 Å². The Balaban J connectivity index is 2.64. The number of nitrogens with one attached hydrogen (secondary N) is 1. The molecule has 2 aromatic rings. The fourth-order valence-electron chi connectivity index (χ4n) is 1.63. The summed E-state index contributed by atoms with van der Waals surface area (Å²) in [5.74, 6) is 0. The third-order valence-corrected chi connectivity index (χ3v) is 2.53. The Morgan fingerprint density at radius 3 is 2.86 bits per heavy atom. The van der Waals surface area contributed by atoms with Crippen molar-refractivity contribution < 1.29 is 5.11 Å². The number of nitrogens with two attached hydrogens (primary N) is 1. The molecular formula is C11H14N2O. The van der Waals surface area contributed by atoms with E-state index in [0.717, 1.165) is 16.5 Å². The number of H-pyrrole nitrogens is 1. The van der Waals surface area contributed by atoms with Gasteiger partial charge in [0.05, 0.1) is 12.1 Å². The highest BCUT2D eigenvalue weighted by Gasteiger charge is 2.23. The lowest BCUT2D eigenvalue weighted by Crippen LogP contribution is -2.36. The van der Waals surface area contributed by atoms with E-state index in [-0.39, 0.29) is 6.61 Å². The summed E-state index contributed by atoms with van der Waals surface area (Å²) in [6.07, 6.45) is 1.86. The average molecular weight is 190 g/mol. The summed E-state index contributed by atoms with van der Waals surface area (Å²) in [7, 11) is 0. The molecule has 4 N–H and O–H groups in total. The third kappa shape index (κ3) is 1.31. The van der Waals surface area contributed by atoms with E-state index in [1.807, 2.05) is 37.4 Å². The fraction of sp³-hybridized carbons (Fsp3) is 0.273. The quantitative estimate of drug-likeness (QED) is 0.669. The van der Waals surface area contributed by atoms with Gasteiger partial charge in [-0.3, -0.25) is 0 Å². The van der Waals surface area contributed by atoms with Crippen LogP contribution in [0.1, 0.15) is 12.5 Å². The number of aliphatic hydroxyl groups is 1. The monoisotopic (exact) mass is 190 g/mol. The molecule has 0 unspecified atom stereocenters. The molecule has 1 heterocycles. The Bertz CT molecular complexity index is 445. The summed E-state index contributed by atoms with van der Waals surface area (Å²) in [5, 5.41) is 10.3. The molecule has 1 atom stereocenters. The van der Waals surface area contributed by atoms with Crippen molar-refractivity contribution in [3.05, 3.63) is 36.0 Å². The van der Waals surface area contributed by atoms with E-state index in [1.165, 1.54) is 0 Å². The molecule has 0 amide bonds. The van der Waals surface area contributed by atoms with Crippen LogP contribution in [0.5, 0.6) is 0 Å². The predicted molar refractivity (Wildman–Crippen MR) is 56.9 cm³/mol. The highest BCUT2D eigenvalue weighted by atomic mass is 16.3. The van der Waals surface area contributed by atoms with Crippen molar-refractivity contribution in [2.45, 2.75) is 12.5 Å². The Kier molecular flexibility index (Phi) is 2.06. The molecule has 0 fully saturated rings. The summed E-state index contributed by atoms with van der Waals surface area (Å²) in [6.45, 7) is 1.76. The normalized spacial score (nSPS) is 15.6. The molecule has 74 valence electrons. The van der Waals surface area contributed by atoms with Crippen molar-refractivity contribution >= 4 is 10.9 Å². The van der Waals surface area contributed by atoms with Crippen LogP contribution in [0.15, 0.2) is 30.5 Å². The lowest BCUT2D eigenvalue weighted by Gasteiger charge is -2.20. The third-order valence-electron chi connectivity index (χ3n) is 2.53. The van der Waals surface area contributed by atoms with Crippen LogP contribution in [0.25, 0.3) is 10.9 Å². The first-order valence-electron chi connectivity index (χ1n) is 4.61. The van der Waals surface area contributed by atoms with Gasteiger partial charge in [-0.05, 0) is 18.6 Å². The van der Waals surface area contributed by atoms with E-state index < -0.39 is 5.54 Å². The Morgan fingerprint density at radius 1 is 1.43 bits per heavy atom. The second-order valence-corrected chi connectivity index (χ2v) is 3.82. The van der Waals surface area contributed by atoms with Gasteiger partial charge in [0, 0.05) is 17.1 Å². The molecule has 0 aliphatic rings. The molecule has 2 rings (SSSR count). The minimum atomic E-state index is -0.681. The topological polar surface area (TPSA) is 62.0 Å². The first kappa shape index (κ1) is 9.24. The van der Waals surface area contributed by atoms with Crippen molar-refractivity contribution in [3.63, 3.8) is 0 Å². The first-order valence-corrected chi connectivity index (χ1v) is 4.61. The van der Waals surface area contributed by atoms with Crippen LogP contribution in [-0.4, -0.2) is 16.7 Å². The highest BCUT2D eigenvalue weighted by Crippen LogP contribution is 2.26. The van der Waals surface area contributed by atoms with Gasteiger partial charge in [0.15, 0.2) is 0 Å². The molecule has 0 radical (unpaired) electrons. The predicted octanol–water partition coefficient (Wildman–Crippen LogP) is 1.33. The van der Waals surface area contributed by atoms with Crippen molar-refractivity contribution in [3.8, 4) is 0 Å². The maximum atomic E-state index is 9.19. The Hall–Kier alpha value is -1.32. The largest absolute Gasteiger partial charge is 0.394 e. The smallest absolute Gasteiger partial charge is 0.0651 e. The minimum Gasteiger partial charge on any atom is -0.394 e. The molecule has 14 heavy (non-hydrogen) atoms. The average Bonchev–Trinajstić information content (AvgIpc) is 2.61. The van der Waals surface area contributed by atoms with Crippen LogP contribution in [0.2, 0.25) is 0 Å². The van der Waals surface area contributed by atoms with Gasteiger partial charge in [-0.15, -0.1) is 0 Å². The van der Waals surface area contributed by atoms with Crippen LogP contribution < -0.4 is 5.73 Å². The lowest BCUT2D eigenvalue weighted by atomic mass is 9.94. The molecule has 0 saturated carbocycles. The van der Waals surface area contributed by atoms with Crippen LogP contribution in [0.4, 0.5) is 0 Å². The number of hydrogen-bond donors (Lipinski definition) is 3. The summed E-state index contributed by atoms with van der Waals surface area (Å²) in [6, 6.07) is 7.93. The molecule has 0 aliphatic heterocycles. The molecule has 0 bridgehead atoms. The molecule has 1 aromatic carbocycles.